The molecule has 1 aromatic carbocycles. The van der Waals surface area contributed by atoms with Gasteiger partial charge in [-0.05, 0) is 38.5 Å². The van der Waals surface area contributed by atoms with Crippen molar-refractivity contribution in [3.8, 4) is 17.2 Å². The van der Waals surface area contributed by atoms with Gasteiger partial charge in [-0.2, -0.15) is 0 Å². The van der Waals surface area contributed by atoms with E-state index >= 15 is 0 Å². The molecule has 0 fully saturated rings. The largest absolute Gasteiger partial charge is 0.493 e. The summed E-state index contributed by atoms with van der Waals surface area (Å²) in [4.78, 5) is 40.3. The number of hydrogen-bond donors (Lipinski definition) is 1. The number of aromatic amines is 1. The lowest BCUT2D eigenvalue weighted by Gasteiger charge is -2.15. The van der Waals surface area contributed by atoms with E-state index in [1.807, 2.05) is 0 Å². The van der Waals surface area contributed by atoms with Gasteiger partial charge in [0.05, 0.1) is 45.3 Å². The van der Waals surface area contributed by atoms with E-state index in [4.69, 9.17) is 23.7 Å². The summed E-state index contributed by atoms with van der Waals surface area (Å²) in [5.74, 6) is -0.894. The number of aromatic nitrogens is 1. The summed E-state index contributed by atoms with van der Waals surface area (Å²) in [6.07, 6.45) is -1.11. The number of Topliss-reactive ketones (excluding diaryl/α,β-unsaturated/α-hetero) is 1. The zero-order valence-corrected chi connectivity index (χ0v) is 18.0. The van der Waals surface area contributed by atoms with Crippen molar-refractivity contribution in [3.05, 3.63) is 40.2 Å². The summed E-state index contributed by atoms with van der Waals surface area (Å²) >= 11 is 0. The maximum atomic E-state index is 12.8. The lowest BCUT2D eigenvalue weighted by Crippen LogP contribution is -2.25. The van der Waals surface area contributed by atoms with Crippen LogP contribution >= 0.6 is 0 Å². The number of nitrogens with one attached hydrogen (secondary N) is 1. The van der Waals surface area contributed by atoms with E-state index in [0.29, 0.717) is 17.0 Å². The average molecular weight is 419 g/mol. The molecule has 1 N–H and O–H groups in total. The summed E-state index contributed by atoms with van der Waals surface area (Å²) in [5, 5.41) is 0. The van der Waals surface area contributed by atoms with E-state index < -0.39 is 23.8 Å². The molecule has 30 heavy (non-hydrogen) atoms. The Bertz CT molecular complexity index is 951. The lowest BCUT2D eigenvalue weighted by molar-refractivity contribution is 0.0316. The number of carbonyl (C=O) groups excluding carboxylic acids is 3. The van der Waals surface area contributed by atoms with Crippen molar-refractivity contribution in [3.63, 3.8) is 0 Å². The Kier molecular flexibility index (Phi) is 7.10. The molecule has 0 amide bonds. The number of esters is 2. The molecule has 0 unspecified atom stereocenters. The highest BCUT2D eigenvalue weighted by Gasteiger charge is 2.28. The molecule has 1 atom stereocenters. The predicted molar refractivity (Wildman–Crippen MR) is 107 cm³/mol. The Hall–Kier alpha value is -3.49. The van der Waals surface area contributed by atoms with Gasteiger partial charge in [0.15, 0.2) is 17.6 Å². The van der Waals surface area contributed by atoms with Crippen molar-refractivity contribution in [1.29, 1.82) is 0 Å². The van der Waals surface area contributed by atoms with Crippen LogP contribution in [0.1, 0.15) is 49.4 Å². The molecule has 2 aromatic rings. The number of benzene rings is 1. The van der Waals surface area contributed by atoms with Gasteiger partial charge in [0.1, 0.15) is 0 Å². The minimum Gasteiger partial charge on any atom is -0.493 e. The number of methoxy groups -OCH3 is 4. The molecule has 9 heteroatoms. The number of H-pyrrole nitrogens is 1. The third-order valence-electron chi connectivity index (χ3n) is 4.63. The van der Waals surface area contributed by atoms with Crippen LogP contribution < -0.4 is 14.2 Å². The molecule has 162 valence electrons. The van der Waals surface area contributed by atoms with Crippen LogP contribution in [-0.4, -0.2) is 57.2 Å². The van der Waals surface area contributed by atoms with Crippen LogP contribution in [0.2, 0.25) is 0 Å². The maximum Gasteiger partial charge on any atom is 0.339 e. The Balaban J connectivity index is 2.28. The maximum absolute atomic E-state index is 12.8. The van der Waals surface area contributed by atoms with Crippen molar-refractivity contribution in [1.82, 2.24) is 4.98 Å². The van der Waals surface area contributed by atoms with Crippen LogP contribution in [0.25, 0.3) is 0 Å². The molecule has 0 saturated carbocycles. The van der Waals surface area contributed by atoms with Crippen LogP contribution in [0.15, 0.2) is 12.1 Å². The Labute approximate surface area is 174 Å². The van der Waals surface area contributed by atoms with Gasteiger partial charge in [0, 0.05) is 5.69 Å². The fraction of sp³-hybridized carbons (Fsp3) is 0.381. The Morgan fingerprint density at radius 3 is 1.93 bits per heavy atom. The van der Waals surface area contributed by atoms with E-state index in [2.05, 4.69) is 4.98 Å². The Morgan fingerprint density at radius 2 is 1.47 bits per heavy atom. The first kappa shape index (κ1) is 22.8. The molecule has 1 aromatic heterocycles. The van der Waals surface area contributed by atoms with Gasteiger partial charge in [-0.25, -0.2) is 9.59 Å². The van der Waals surface area contributed by atoms with Crippen LogP contribution in [0.3, 0.4) is 0 Å². The number of carbonyl (C=O) groups is 3. The number of ketones is 1. The van der Waals surface area contributed by atoms with Crippen LogP contribution in [-0.2, 0) is 9.47 Å². The van der Waals surface area contributed by atoms with E-state index in [-0.39, 0.29) is 28.3 Å². The summed E-state index contributed by atoms with van der Waals surface area (Å²) in [6, 6.07) is 2.86. The molecule has 0 radical (unpaired) electrons. The summed E-state index contributed by atoms with van der Waals surface area (Å²) in [5.41, 5.74) is 1.51. The van der Waals surface area contributed by atoms with Crippen LogP contribution in [0, 0.1) is 13.8 Å². The molecule has 0 spiro atoms. The highest BCUT2D eigenvalue weighted by molar-refractivity contribution is 6.04. The first-order valence-electron chi connectivity index (χ1n) is 9.02. The first-order valence-corrected chi connectivity index (χ1v) is 9.02. The first-order chi connectivity index (χ1) is 14.2. The minimum atomic E-state index is -1.11. The highest BCUT2D eigenvalue weighted by atomic mass is 16.6. The lowest BCUT2D eigenvalue weighted by atomic mass is 10.1. The van der Waals surface area contributed by atoms with E-state index in [9.17, 15) is 14.4 Å². The fourth-order valence-corrected chi connectivity index (χ4v) is 3.09. The topological polar surface area (TPSA) is 113 Å². The second kappa shape index (κ2) is 9.34. The van der Waals surface area contributed by atoms with Crippen molar-refractivity contribution < 1.29 is 38.1 Å². The molecule has 0 aliphatic rings. The number of aryl methyl sites for hydroxylation is 1. The van der Waals surface area contributed by atoms with Gasteiger partial charge in [0.25, 0.3) is 0 Å². The van der Waals surface area contributed by atoms with Gasteiger partial charge >= 0.3 is 11.9 Å². The molecule has 0 aliphatic heterocycles. The van der Waals surface area contributed by atoms with Gasteiger partial charge in [0.2, 0.25) is 11.5 Å². The standard InChI is InChI=1S/C21H25NO8/c1-10-16(21(25)29-7)11(2)22-17(10)18(23)12(3)30-20(24)13-8-14(26-4)19(28-6)15(9-13)27-5/h8-9,12,22H,1-7H3/t12-/m1/s1. The Morgan fingerprint density at radius 1 is 0.900 bits per heavy atom. The van der Waals surface area contributed by atoms with Crippen molar-refractivity contribution in [2.24, 2.45) is 0 Å². The molecule has 9 nitrogen and oxygen atoms in total. The normalized spacial score (nSPS) is 11.4. The minimum absolute atomic E-state index is 0.124. The van der Waals surface area contributed by atoms with Gasteiger partial charge in [-0.1, -0.05) is 0 Å². The van der Waals surface area contributed by atoms with Crippen molar-refractivity contribution >= 4 is 17.7 Å². The number of hydrogen-bond acceptors (Lipinski definition) is 8. The summed E-state index contributed by atoms with van der Waals surface area (Å²) in [7, 11) is 5.56. The number of rotatable bonds is 8. The summed E-state index contributed by atoms with van der Waals surface area (Å²) < 4.78 is 25.8. The average Bonchev–Trinajstić information content (AvgIpc) is 3.04. The monoisotopic (exact) mass is 419 g/mol. The zero-order chi connectivity index (χ0) is 22.6. The molecule has 0 saturated heterocycles. The number of ether oxygens (including phenoxy) is 5. The second-order valence-corrected chi connectivity index (χ2v) is 6.44. The van der Waals surface area contributed by atoms with Gasteiger partial charge in [-0.15, -0.1) is 0 Å². The van der Waals surface area contributed by atoms with E-state index in [1.165, 1.54) is 47.5 Å². The molecular weight excluding hydrogens is 394 g/mol. The smallest absolute Gasteiger partial charge is 0.339 e. The molecule has 0 bridgehead atoms. The van der Waals surface area contributed by atoms with Crippen LogP contribution in [0.4, 0.5) is 0 Å². The van der Waals surface area contributed by atoms with Gasteiger partial charge in [-0.3, -0.25) is 4.79 Å². The van der Waals surface area contributed by atoms with E-state index in [0.717, 1.165) is 0 Å². The second-order valence-electron chi connectivity index (χ2n) is 6.44. The quantitative estimate of drug-likeness (QED) is 0.513. The zero-order valence-electron chi connectivity index (χ0n) is 18.0. The molecule has 0 aliphatic carbocycles. The molecule has 1 heterocycles. The van der Waals surface area contributed by atoms with Crippen LogP contribution in [0.5, 0.6) is 17.2 Å². The van der Waals surface area contributed by atoms with Crippen molar-refractivity contribution in [2.45, 2.75) is 26.9 Å². The third-order valence-corrected chi connectivity index (χ3v) is 4.63. The summed E-state index contributed by atoms with van der Waals surface area (Å²) in [6.45, 7) is 4.73. The van der Waals surface area contributed by atoms with E-state index in [1.54, 1.807) is 13.8 Å². The molecular formula is C21H25NO8. The SMILES string of the molecule is COC(=O)c1c(C)[nH]c(C(=O)[C@@H](C)OC(=O)c2cc(OC)c(OC)c(OC)c2)c1C. The highest BCUT2D eigenvalue weighted by Crippen LogP contribution is 2.38. The predicted octanol–water partition coefficient (Wildman–Crippen LogP) is 2.87. The van der Waals surface area contributed by atoms with Crippen molar-refractivity contribution in [2.75, 3.05) is 28.4 Å². The molecule has 2 rings (SSSR count). The third kappa shape index (κ3) is 4.24. The fourth-order valence-electron chi connectivity index (χ4n) is 3.09. The van der Waals surface area contributed by atoms with Gasteiger partial charge < -0.3 is 28.7 Å².